The van der Waals surface area contributed by atoms with Crippen molar-refractivity contribution in [3.63, 3.8) is 0 Å². The second-order valence-electron chi connectivity index (χ2n) is 8.19. The second-order valence-corrected chi connectivity index (χ2v) is 9.30. The maximum absolute atomic E-state index is 12.9. The molecule has 5 nitrogen and oxygen atoms in total. The third-order valence-corrected chi connectivity index (χ3v) is 7.29. The topological polar surface area (TPSA) is 73.2 Å². The van der Waals surface area contributed by atoms with Gasteiger partial charge in [-0.05, 0) is 61.8 Å². The number of rotatable bonds is 6. The molecule has 4 rings (SSSR count). The van der Waals surface area contributed by atoms with Crippen molar-refractivity contribution < 1.29 is 9.59 Å². The number of carbonyl (C=O) groups is 2. The number of amides is 2. The maximum atomic E-state index is 12.9. The first-order valence-electron chi connectivity index (χ1n) is 10.9. The molecule has 0 radical (unpaired) electrons. The molecule has 2 heterocycles. The molecule has 0 bridgehead atoms. The van der Waals surface area contributed by atoms with E-state index in [1.165, 1.54) is 21.8 Å². The monoisotopic (exact) mass is 421 g/mol. The molecule has 0 saturated carbocycles. The van der Waals surface area contributed by atoms with E-state index in [0.717, 1.165) is 56.2 Å². The van der Waals surface area contributed by atoms with Gasteiger partial charge in [0.25, 0.3) is 0 Å². The average molecular weight is 422 g/mol. The van der Waals surface area contributed by atoms with E-state index < -0.39 is 5.92 Å². The van der Waals surface area contributed by atoms with Crippen LogP contribution in [-0.2, 0) is 28.9 Å². The van der Waals surface area contributed by atoms with Crippen LogP contribution in [0.5, 0.6) is 0 Å². The number of aryl methyl sites for hydroxylation is 2. The molecule has 2 aromatic rings. The van der Waals surface area contributed by atoms with Crippen LogP contribution in [0.2, 0.25) is 0 Å². The number of anilines is 2. The Labute approximate surface area is 181 Å². The predicted molar refractivity (Wildman–Crippen MR) is 120 cm³/mol. The van der Waals surface area contributed by atoms with E-state index in [2.05, 4.69) is 30.4 Å². The van der Waals surface area contributed by atoms with Gasteiger partial charge in [0.15, 0.2) is 0 Å². The van der Waals surface area contributed by atoms with E-state index in [9.17, 15) is 14.9 Å². The fraction of sp³-hybridized carbons (Fsp3) is 0.458. The van der Waals surface area contributed by atoms with Crippen molar-refractivity contribution in [1.82, 2.24) is 0 Å². The van der Waals surface area contributed by atoms with Crippen LogP contribution in [0.25, 0.3) is 0 Å². The molecule has 1 aliphatic heterocycles. The Kier molecular flexibility index (Phi) is 6.19. The highest BCUT2D eigenvalue weighted by atomic mass is 32.1. The van der Waals surface area contributed by atoms with E-state index in [0.29, 0.717) is 17.1 Å². The molecule has 156 valence electrons. The highest BCUT2D eigenvalue weighted by Gasteiger charge is 2.36. The third-order valence-electron chi connectivity index (χ3n) is 6.08. The first kappa shape index (κ1) is 20.6. The molecule has 2 aliphatic rings. The average Bonchev–Trinajstić information content (AvgIpc) is 3.32. The largest absolute Gasteiger partial charge is 0.316 e. The summed E-state index contributed by atoms with van der Waals surface area (Å²) in [5, 5.41) is 13.2. The van der Waals surface area contributed by atoms with Gasteiger partial charge in [-0.1, -0.05) is 25.5 Å². The molecule has 6 heteroatoms. The maximum Gasteiger partial charge on any atom is 0.230 e. The molecule has 1 aromatic heterocycles. The Morgan fingerprint density at radius 3 is 2.77 bits per heavy atom. The molecule has 1 aliphatic carbocycles. The molecule has 1 saturated heterocycles. The van der Waals surface area contributed by atoms with Gasteiger partial charge in [-0.2, -0.15) is 5.26 Å². The lowest BCUT2D eigenvalue weighted by Gasteiger charge is -2.17. The van der Waals surface area contributed by atoms with Crippen molar-refractivity contribution in [2.75, 3.05) is 16.8 Å². The number of benzene rings is 1. The smallest absolute Gasteiger partial charge is 0.230 e. The highest BCUT2D eigenvalue weighted by molar-refractivity contribution is 7.16. The SMILES string of the molecule is CCCCc1ccc(N2C[C@H](C(=O)Nc3sc4c(c3C#N)CCCC4)CC2=O)cc1. The lowest BCUT2D eigenvalue weighted by atomic mass is 9.96. The van der Waals surface area contributed by atoms with Crippen LogP contribution in [0.4, 0.5) is 10.7 Å². The number of hydrogen-bond acceptors (Lipinski definition) is 4. The fourth-order valence-electron chi connectivity index (χ4n) is 4.34. The van der Waals surface area contributed by atoms with E-state index in [4.69, 9.17) is 0 Å². The van der Waals surface area contributed by atoms with Gasteiger partial charge in [0.2, 0.25) is 11.8 Å². The van der Waals surface area contributed by atoms with Crippen LogP contribution in [0.15, 0.2) is 24.3 Å². The van der Waals surface area contributed by atoms with Crippen LogP contribution in [0.1, 0.15) is 60.6 Å². The number of nitrogens with one attached hydrogen (secondary N) is 1. The van der Waals surface area contributed by atoms with Crippen molar-refractivity contribution in [3.05, 3.63) is 45.8 Å². The quantitative estimate of drug-likeness (QED) is 0.726. The van der Waals surface area contributed by atoms with Crippen molar-refractivity contribution in [3.8, 4) is 6.07 Å². The molecule has 1 fully saturated rings. The summed E-state index contributed by atoms with van der Waals surface area (Å²) in [5.41, 5.74) is 3.84. The summed E-state index contributed by atoms with van der Waals surface area (Å²) in [6, 6.07) is 10.4. The summed E-state index contributed by atoms with van der Waals surface area (Å²) in [6.07, 6.45) is 7.68. The zero-order valence-corrected chi connectivity index (χ0v) is 18.2. The zero-order chi connectivity index (χ0) is 21.1. The van der Waals surface area contributed by atoms with Crippen LogP contribution in [-0.4, -0.2) is 18.4 Å². The molecule has 1 N–H and O–H groups in total. The molecular formula is C24H27N3O2S. The lowest BCUT2D eigenvalue weighted by Crippen LogP contribution is -2.28. The Morgan fingerprint density at radius 1 is 1.27 bits per heavy atom. The van der Waals surface area contributed by atoms with E-state index in [1.54, 1.807) is 4.90 Å². The normalized spacial score (nSPS) is 18.2. The van der Waals surface area contributed by atoms with Crippen LogP contribution in [0.3, 0.4) is 0 Å². The number of fused-ring (bicyclic) bond motifs is 1. The minimum atomic E-state index is -0.400. The minimum Gasteiger partial charge on any atom is -0.316 e. The first-order chi connectivity index (χ1) is 14.6. The Balaban J connectivity index is 1.44. The molecule has 2 amide bonds. The van der Waals surface area contributed by atoms with Crippen molar-refractivity contribution in [2.45, 2.75) is 58.3 Å². The van der Waals surface area contributed by atoms with Gasteiger partial charge < -0.3 is 10.2 Å². The van der Waals surface area contributed by atoms with Crippen LogP contribution < -0.4 is 10.2 Å². The van der Waals surface area contributed by atoms with Gasteiger partial charge >= 0.3 is 0 Å². The highest BCUT2D eigenvalue weighted by Crippen LogP contribution is 2.38. The van der Waals surface area contributed by atoms with Crippen LogP contribution in [0, 0.1) is 17.2 Å². The summed E-state index contributed by atoms with van der Waals surface area (Å²) >= 11 is 1.53. The second kappa shape index (κ2) is 9.01. The summed E-state index contributed by atoms with van der Waals surface area (Å²) < 4.78 is 0. The van der Waals surface area contributed by atoms with Crippen LogP contribution >= 0.6 is 11.3 Å². The summed E-state index contributed by atoms with van der Waals surface area (Å²) in [6.45, 7) is 2.55. The number of thiophene rings is 1. The van der Waals surface area contributed by atoms with E-state index >= 15 is 0 Å². The number of hydrogen-bond donors (Lipinski definition) is 1. The van der Waals surface area contributed by atoms with Crippen molar-refractivity contribution >= 4 is 33.8 Å². The molecule has 0 spiro atoms. The zero-order valence-electron chi connectivity index (χ0n) is 17.4. The van der Waals surface area contributed by atoms with Crippen molar-refractivity contribution in [2.24, 2.45) is 5.92 Å². The minimum absolute atomic E-state index is 0.0255. The Morgan fingerprint density at radius 2 is 2.03 bits per heavy atom. The first-order valence-corrected chi connectivity index (χ1v) is 11.7. The lowest BCUT2D eigenvalue weighted by molar-refractivity contribution is -0.122. The van der Waals surface area contributed by atoms with Gasteiger partial charge in [-0.15, -0.1) is 11.3 Å². The number of unbranched alkanes of at least 4 members (excludes halogenated alkanes) is 1. The fourth-order valence-corrected chi connectivity index (χ4v) is 5.59. The molecule has 1 atom stereocenters. The van der Waals surface area contributed by atoms with Gasteiger partial charge in [0.05, 0.1) is 11.5 Å². The third kappa shape index (κ3) is 4.13. The van der Waals surface area contributed by atoms with E-state index in [-0.39, 0.29) is 18.2 Å². The molecular weight excluding hydrogens is 394 g/mol. The van der Waals surface area contributed by atoms with Crippen molar-refractivity contribution in [1.29, 1.82) is 5.26 Å². The summed E-state index contributed by atoms with van der Waals surface area (Å²) in [4.78, 5) is 28.4. The summed E-state index contributed by atoms with van der Waals surface area (Å²) in [7, 11) is 0. The molecule has 0 unspecified atom stereocenters. The Bertz CT molecular complexity index is 987. The van der Waals surface area contributed by atoms with Gasteiger partial charge in [-0.25, -0.2) is 0 Å². The molecule has 1 aromatic carbocycles. The molecule has 30 heavy (non-hydrogen) atoms. The van der Waals surface area contributed by atoms with Gasteiger partial charge in [-0.3, -0.25) is 9.59 Å². The van der Waals surface area contributed by atoms with E-state index in [1.807, 2.05) is 12.1 Å². The predicted octanol–water partition coefficient (Wildman–Crippen LogP) is 4.83. The number of carbonyl (C=O) groups excluding carboxylic acids is 2. The number of nitriles is 1. The van der Waals surface area contributed by atoms with Gasteiger partial charge in [0.1, 0.15) is 11.1 Å². The Hall–Kier alpha value is -2.65. The summed E-state index contributed by atoms with van der Waals surface area (Å²) in [5.74, 6) is -0.592. The standard InChI is InChI=1S/C24H27N3O2S/c1-2-3-6-16-9-11-18(12-10-16)27-15-17(13-22(27)28)23(29)26-24-20(14-25)19-7-4-5-8-21(19)30-24/h9-12,17H,2-8,13,15H2,1H3,(H,26,29)/t17-/m1/s1. The van der Waals surface area contributed by atoms with Gasteiger partial charge in [0, 0.05) is 23.5 Å². The number of nitrogens with zero attached hydrogens (tertiary/aromatic N) is 2.